The van der Waals surface area contributed by atoms with Gasteiger partial charge in [-0.15, -0.1) is 0 Å². The number of anilines is 1. The first-order chi connectivity index (χ1) is 12.6. The van der Waals surface area contributed by atoms with E-state index in [1.54, 1.807) is 7.11 Å². The van der Waals surface area contributed by atoms with Gasteiger partial charge in [0, 0.05) is 30.1 Å². The third-order valence-corrected chi connectivity index (χ3v) is 4.27. The van der Waals surface area contributed by atoms with E-state index in [1.807, 2.05) is 55.5 Å². The summed E-state index contributed by atoms with van der Waals surface area (Å²) in [5.74, 6) is 0.691. The van der Waals surface area contributed by atoms with Crippen molar-refractivity contribution in [2.24, 2.45) is 5.73 Å². The molecule has 0 radical (unpaired) electrons. The number of carbonyl (C=O) groups excluding carboxylic acids is 1. The molecule has 0 unspecified atom stereocenters. The minimum atomic E-state index is -0.398. The number of aromatic amines is 1. The van der Waals surface area contributed by atoms with E-state index >= 15 is 0 Å². The van der Waals surface area contributed by atoms with Crippen LogP contribution in [0.2, 0.25) is 0 Å². The topological polar surface area (TPSA) is 92.2 Å². The van der Waals surface area contributed by atoms with Gasteiger partial charge in [-0.3, -0.25) is 4.79 Å². The van der Waals surface area contributed by atoms with Gasteiger partial charge in [0.2, 0.25) is 5.91 Å². The Hall–Kier alpha value is -2.99. The molecule has 3 rings (SSSR count). The zero-order chi connectivity index (χ0) is 18.5. The minimum Gasteiger partial charge on any atom is -0.497 e. The van der Waals surface area contributed by atoms with Gasteiger partial charge in [0.25, 0.3) is 0 Å². The van der Waals surface area contributed by atoms with Crippen molar-refractivity contribution in [2.75, 3.05) is 25.5 Å². The van der Waals surface area contributed by atoms with E-state index in [1.165, 1.54) is 0 Å². The van der Waals surface area contributed by atoms with Crippen molar-refractivity contribution in [1.29, 1.82) is 0 Å². The fraction of sp³-hybridized carbons (Fsp3) is 0.250. The number of aromatic nitrogens is 1. The van der Waals surface area contributed by atoms with Crippen LogP contribution in [0.1, 0.15) is 6.92 Å². The second-order valence-electron chi connectivity index (χ2n) is 6.10. The van der Waals surface area contributed by atoms with Crippen molar-refractivity contribution < 1.29 is 9.53 Å². The van der Waals surface area contributed by atoms with Gasteiger partial charge >= 0.3 is 0 Å². The van der Waals surface area contributed by atoms with Crippen molar-refractivity contribution in [3.05, 3.63) is 48.5 Å². The van der Waals surface area contributed by atoms with Crippen molar-refractivity contribution >= 4 is 22.5 Å². The first-order valence-corrected chi connectivity index (χ1v) is 8.63. The Labute approximate surface area is 152 Å². The molecule has 0 spiro atoms. The molecule has 2 aromatic carbocycles. The number of fused-ring (bicyclic) bond motifs is 1. The molecule has 1 atom stereocenters. The number of nitrogens with two attached hydrogens (primary N) is 1. The highest BCUT2D eigenvalue weighted by Crippen LogP contribution is 2.36. The molecule has 6 nitrogen and oxygen atoms in total. The molecule has 0 aliphatic heterocycles. The molecule has 0 aliphatic rings. The highest BCUT2D eigenvalue weighted by atomic mass is 16.5. The van der Waals surface area contributed by atoms with Gasteiger partial charge in [0.1, 0.15) is 11.8 Å². The second kappa shape index (κ2) is 7.93. The van der Waals surface area contributed by atoms with Gasteiger partial charge in [-0.1, -0.05) is 30.3 Å². The zero-order valence-corrected chi connectivity index (χ0v) is 15.0. The second-order valence-corrected chi connectivity index (χ2v) is 6.10. The lowest BCUT2D eigenvalue weighted by molar-refractivity contribution is -0.121. The summed E-state index contributed by atoms with van der Waals surface area (Å²) in [5.41, 5.74) is 9.28. The van der Waals surface area contributed by atoms with Gasteiger partial charge < -0.3 is 26.1 Å². The number of methoxy groups -OCH3 is 1. The van der Waals surface area contributed by atoms with E-state index in [2.05, 4.69) is 15.6 Å². The lowest BCUT2D eigenvalue weighted by Crippen LogP contribution is -2.39. The van der Waals surface area contributed by atoms with E-state index < -0.39 is 6.04 Å². The summed E-state index contributed by atoms with van der Waals surface area (Å²) >= 11 is 0. The van der Waals surface area contributed by atoms with Crippen LogP contribution < -0.4 is 21.1 Å². The average molecular weight is 352 g/mol. The Balaban J connectivity index is 2.02. The van der Waals surface area contributed by atoms with Crippen molar-refractivity contribution in [1.82, 2.24) is 10.3 Å². The number of hydrogen-bond acceptors (Lipinski definition) is 4. The molecular weight excluding hydrogens is 328 g/mol. The summed E-state index contributed by atoms with van der Waals surface area (Å²) in [4.78, 5) is 15.7. The minimum absolute atomic E-state index is 0.0858. The molecule has 0 bridgehead atoms. The lowest BCUT2D eigenvalue weighted by Gasteiger charge is -2.16. The monoisotopic (exact) mass is 352 g/mol. The van der Waals surface area contributed by atoms with E-state index in [9.17, 15) is 4.79 Å². The summed E-state index contributed by atoms with van der Waals surface area (Å²) < 4.78 is 5.32. The van der Waals surface area contributed by atoms with Gasteiger partial charge in [-0.2, -0.15) is 0 Å². The SMILES string of the molecule is COc1ccc2c(N[C@@H](C)C(=O)NCCN)c(-c3ccccc3)[nH]c2c1. The van der Waals surface area contributed by atoms with Crippen LogP contribution in [-0.4, -0.2) is 37.1 Å². The Kier molecular flexibility index (Phi) is 5.43. The molecule has 0 fully saturated rings. The maximum Gasteiger partial charge on any atom is 0.242 e. The highest BCUT2D eigenvalue weighted by molar-refractivity contribution is 6.03. The average Bonchev–Trinajstić information content (AvgIpc) is 3.04. The fourth-order valence-electron chi connectivity index (χ4n) is 2.91. The van der Waals surface area contributed by atoms with Crippen molar-refractivity contribution in [3.63, 3.8) is 0 Å². The van der Waals surface area contributed by atoms with Crippen LogP contribution in [0.5, 0.6) is 5.75 Å². The highest BCUT2D eigenvalue weighted by Gasteiger charge is 2.19. The van der Waals surface area contributed by atoms with Crippen molar-refractivity contribution in [3.8, 4) is 17.0 Å². The number of benzene rings is 2. The zero-order valence-electron chi connectivity index (χ0n) is 15.0. The normalized spacial score (nSPS) is 12.0. The summed E-state index contributed by atoms with van der Waals surface area (Å²) in [6.07, 6.45) is 0. The smallest absolute Gasteiger partial charge is 0.242 e. The third kappa shape index (κ3) is 3.65. The number of amides is 1. The lowest BCUT2D eigenvalue weighted by atomic mass is 10.1. The summed E-state index contributed by atoms with van der Waals surface area (Å²) in [7, 11) is 1.64. The molecule has 3 aromatic rings. The van der Waals surface area contributed by atoms with E-state index in [4.69, 9.17) is 10.5 Å². The van der Waals surface area contributed by atoms with Crippen LogP contribution in [0.3, 0.4) is 0 Å². The van der Waals surface area contributed by atoms with Gasteiger partial charge in [-0.25, -0.2) is 0 Å². The first-order valence-electron chi connectivity index (χ1n) is 8.63. The molecule has 0 saturated heterocycles. The molecule has 0 saturated carbocycles. The van der Waals surface area contributed by atoms with Crippen LogP contribution in [0.4, 0.5) is 5.69 Å². The molecular formula is C20H24N4O2. The Morgan fingerprint density at radius 2 is 2.00 bits per heavy atom. The fourth-order valence-corrected chi connectivity index (χ4v) is 2.91. The number of hydrogen-bond donors (Lipinski definition) is 4. The van der Waals surface area contributed by atoms with Crippen LogP contribution in [0, 0.1) is 0 Å². The van der Waals surface area contributed by atoms with E-state index in [-0.39, 0.29) is 5.91 Å². The van der Waals surface area contributed by atoms with Crippen molar-refractivity contribution in [2.45, 2.75) is 13.0 Å². The Bertz CT molecular complexity index is 889. The first kappa shape index (κ1) is 17.8. The van der Waals surface area contributed by atoms with Crippen LogP contribution in [0.25, 0.3) is 22.2 Å². The number of ether oxygens (including phenoxy) is 1. The molecule has 0 aliphatic carbocycles. The van der Waals surface area contributed by atoms with Crippen LogP contribution in [-0.2, 0) is 4.79 Å². The summed E-state index contributed by atoms with van der Waals surface area (Å²) in [6.45, 7) is 2.71. The number of H-pyrrole nitrogens is 1. The standard InChI is InChI=1S/C20H24N4O2/c1-13(20(25)22-11-10-21)23-19-16-9-8-15(26-2)12-17(16)24-18(19)14-6-4-3-5-7-14/h3-9,12-13,23-24H,10-11,21H2,1-2H3,(H,22,25)/t13-/m0/s1. The van der Waals surface area contributed by atoms with Gasteiger partial charge in [-0.05, 0) is 19.1 Å². The molecule has 1 aromatic heterocycles. The van der Waals surface area contributed by atoms with Gasteiger partial charge in [0.05, 0.1) is 24.0 Å². The summed E-state index contributed by atoms with van der Waals surface area (Å²) in [6, 6.07) is 15.5. The van der Waals surface area contributed by atoms with Crippen LogP contribution in [0.15, 0.2) is 48.5 Å². The molecule has 1 amide bonds. The molecule has 5 N–H and O–H groups in total. The van der Waals surface area contributed by atoms with E-state index in [0.717, 1.165) is 33.6 Å². The largest absolute Gasteiger partial charge is 0.497 e. The van der Waals surface area contributed by atoms with Crippen LogP contribution >= 0.6 is 0 Å². The maximum absolute atomic E-state index is 12.3. The predicted molar refractivity (Wildman–Crippen MR) is 105 cm³/mol. The number of carbonyl (C=O) groups is 1. The number of nitrogens with one attached hydrogen (secondary N) is 3. The molecule has 6 heteroatoms. The van der Waals surface area contributed by atoms with Gasteiger partial charge in [0.15, 0.2) is 0 Å². The Morgan fingerprint density at radius 3 is 2.69 bits per heavy atom. The maximum atomic E-state index is 12.3. The van der Waals surface area contributed by atoms with E-state index in [0.29, 0.717) is 13.1 Å². The third-order valence-electron chi connectivity index (χ3n) is 4.27. The Morgan fingerprint density at radius 1 is 1.23 bits per heavy atom. The predicted octanol–water partition coefficient (Wildman–Crippen LogP) is 2.72. The number of rotatable bonds is 7. The quantitative estimate of drug-likeness (QED) is 0.526. The molecule has 136 valence electrons. The molecule has 1 heterocycles. The summed E-state index contributed by atoms with van der Waals surface area (Å²) in [5, 5.41) is 7.17. The molecule has 26 heavy (non-hydrogen) atoms.